The molecule has 1 aliphatic heterocycles. The molecule has 0 spiro atoms. The van der Waals surface area contributed by atoms with Crippen molar-refractivity contribution in [2.45, 2.75) is 45.4 Å². The van der Waals surface area contributed by atoms with Crippen LogP contribution in [0.3, 0.4) is 0 Å². The topological polar surface area (TPSA) is 102 Å². The van der Waals surface area contributed by atoms with Gasteiger partial charge in [-0.2, -0.15) is 4.80 Å². The lowest BCUT2D eigenvalue weighted by atomic mass is 10.0. The second-order valence-corrected chi connectivity index (χ2v) is 10.4. The van der Waals surface area contributed by atoms with Gasteiger partial charge < -0.3 is 10.1 Å². The van der Waals surface area contributed by atoms with Gasteiger partial charge in [-0.1, -0.05) is 18.2 Å². The Morgan fingerprint density at radius 2 is 2.00 bits per heavy atom. The molecular weight excluding hydrogens is 519 g/mol. The van der Waals surface area contributed by atoms with Crippen molar-refractivity contribution in [2.75, 3.05) is 18.1 Å². The van der Waals surface area contributed by atoms with Crippen molar-refractivity contribution >= 4 is 28.8 Å². The molecule has 0 unspecified atom stereocenters. The van der Waals surface area contributed by atoms with Crippen LogP contribution in [0.4, 0.5) is 10.1 Å². The summed E-state index contributed by atoms with van der Waals surface area (Å²) in [6.45, 7) is 4.71. The summed E-state index contributed by atoms with van der Waals surface area (Å²) in [5.41, 5.74) is 3.08. The first-order valence-electron chi connectivity index (χ1n) is 12.8. The number of aryl methyl sites for hydroxylation is 1. The first kappa shape index (κ1) is 26.6. The molecule has 1 aliphatic rings. The van der Waals surface area contributed by atoms with Crippen molar-refractivity contribution in [3.8, 4) is 11.4 Å². The molecule has 2 aromatic heterocycles. The first-order chi connectivity index (χ1) is 18.9. The fourth-order valence-electron chi connectivity index (χ4n) is 4.57. The number of hydrogen-bond acceptors (Lipinski definition) is 7. The molecule has 1 N–H and O–H groups in total. The number of carbonyl (C=O) groups excluding carboxylic acids is 2. The summed E-state index contributed by atoms with van der Waals surface area (Å²) in [5, 5.41) is 17.3. The summed E-state index contributed by atoms with van der Waals surface area (Å²) in [4.78, 5) is 31.2. The van der Waals surface area contributed by atoms with Crippen molar-refractivity contribution in [3.05, 3.63) is 81.8 Å². The van der Waals surface area contributed by atoms with Crippen LogP contribution in [0.25, 0.3) is 11.4 Å². The van der Waals surface area contributed by atoms with Crippen molar-refractivity contribution in [1.82, 2.24) is 25.5 Å². The predicted octanol–water partition coefficient (Wildman–Crippen LogP) is 4.23. The number of ether oxygens (including phenoxy) is 1. The minimum atomic E-state index is -0.903. The van der Waals surface area contributed by atoms with Crippen LogP contribution in [0.1, 0.15) is 34.9 Å². The fourth-order valence-corrected chi connectivity index (χ4v) is 5.39. The van der Waals surface area contributed by atoms with Gasteiger partial charge in [-0.3, -0.25) is 14.5 Å². The molecule has 1 saturated heterocycles. The molecule has 2 atom stereocenters. The number of nitrogens with zero attached hydrogens (tertiary/aromatic N) is 5. The van der Waals surface area contributed by atoms with Crippen molar-refractivity contribution in [2.24, 2.45) is 0 Å². The van der Waals surface area contributed by atoms with Gasteiger partial charge in [-0.15, -0.1) is 21.5 Å². The lowest BCUT2D eigenvalue weighted by molar-refractivity contribution is -0.127. The Morgan fingerprint density at radius 1 is 1.18 bits per heavy atom. The van der Waals surface area contributed by atoms with Crippen LogP contribution in [0.2, 0.25) is 0 Å². The Hall–Kier alpha value is -3.96. The average Bonchev–Trinajstić information content (AvgIpc) is 3.72. The van der Waals surface area contributed by atoms with Crippen molar-refractivity contribution in [1.29, 1.82) is 0 Å². The van der Waals surface area contributed by atoms with E-state index in [9.17, 15) is 14.0 Å². The maximum atomic E-state index is 14.0. The molecule has 0 aliphatic carbocycles. The van der Waals surface area contributed by atoms with Crippen LogP contribution in [-0.2, 0) is 20.9 Å². The van der Waals surface area contributed by atoms with E-state index in [0.29, 0.717) is 24.4 Å². The third-order valence-electron chi connectivity index (χ3n) is 6.78. The van der Waals surface area contributed by atoms with Gasteiger partial charge in [-0.05, 0) is 84.8 Å². The fraction of sp³-hybridized carbons (Fsp3) is 0.321. The number of benzene rings is 2. The van der Waals surface area contributed by atoms with Gasteiger partial charge in [0, 0.05) is 29.3 Å². The average molecular weight is 549 g/mol. The number of anilines is 1. The minimum Gasteiger partial charge on any atom is -0.376 e. The van der Waals surface area contributed by atoms with Crippen LogP contribution < -0.4 is 10.2 Å². The molecule has 1 fully saturated rings. The monoisotopic (exact) mass is 548 g/mol. The number of tetrazole rings is 1. The van der Waals surface area contributed by atoms with E-state index in [4.69, 9.17) is 4.74 Å². The number of rotatable bonds is 9. The quantitative estimate of drug-likeness (QED) is 0.336. The molecule has 2 aromatic carbocycles. The van der Waals surface area contributed by atoms with Crippen LogP contribution in [0.15, 0.2) is 60.0 Å². The number of thiophene rings is 1. The number of aromatic nitrogens is 4. The molecule has 11 heteroatoms. The molecule has 4 aromatic rings. The summed E-state index contributed by atoms with van der Waals surface area (Å²) in [5.74, 6) is -0.772. The molecule has 2 amide bonds. The Labute approximate surface area is 229 Å². The van der Waals surface area contributed by atoms with Crippen molar-refractivity contribution < 1.29 is 18.7 Å². The van der Waals surface area contributed by atoms with E-state index in [1.54, 1.807) is 12.1 Å². The van der Waals surface area contributed by atoms with Crippen molar-refractivity contribution in [3.63, 3.8) is 0 Å². The van der Waals surface area contributed by atoms with Gasteiger partial charge in [0.2, 0.25) is 11.7 Å². The summed E-state index contributed by atoms with van der Waals surface area (Å²) in [6.07, 6.45) is 1.82. The largest absolute Gasteiger partial charge is 0.376 e. The van der Waals surface area contributed by atoms with Gasteiger partial charge in [0.05, 0.1) is 6.10 Å². The van der Waals surface area contributed by atoms with E-state index in [1.807, 2.05) is 49.6 Å². The third-order valence-corrected chi connectivity index (χ3v) is 7.71. The Morgan fingerprint density at radius 3 is 2.72 bits per heavy atom. The molecule has 5 rings (SSSR count). The van der Waals surface area contributed by atoms with Crippen LogP contribution in [-0.4, -0.2) is 51.3 Å². The zero-order chi connectivity index (χ0) is 27.4. The second kappa shape index (κ2) is 11.8. The van der Waals surface area contributed by atoms with Gasteiger partial charge >= 0.3 is 0 Å². The summed E-state index contributed by atoms with van der Waals surface area (Å²) in [7, 11) is 0. The van der Waals surface area contributed by atoms with Crippen LogP contribution >= 0.6 is 11.3 Å². The van der Waals surface area contributed by atoms with E-state index in [2.05, 4.69) is 20.7 Å². The number of hydrogen-bond donors (Lipinski definition) is 1. The van der Waals surface area contributed by atoms with E-state index in [-0.39, 0.29) is 36.1 Å². The molecule has 0 radical (unpaired) electrons. The first-order valence-corrected chi connectivity index (χ1v) is 13.6. The molecular formula is C28H29FN6O3S. The Balaban J connectivity index is 1.47. The maximum absolute atomic E-state index is 14.0. The molecule has 0 saturated carbocycles. The summed E-state index contributed by atoms with van der Waals surface area (Å²) in [6, 6.07) is 14.2. The standard InChI is InChI=1S/C28H29FN6O3S/c1-18-6-3-8-23(19(18)2)35(25(36)17-34-32-27(31-33-34)20-10-12-21(29)13-11-20)26(24-9-5-15-39-24)28(37)30-16-22-7-4-14-38-22/h3,5-6,8-13,15,22,26H,4,7,14,16-17H2,1-2H3,(H,30,37)/t22-,26-/m0/s1. The summed E-state index contributed by atoms with van der Waals surface area (Å²) < 4.78 is 19.0. The molecule has 39 heavy (non-hydrogen) atoms. The highest BCUT2D eigenvalue weighted by Gasteiger charge is 2.35. The van der Waals surface area contributed by atoms with E-state index in [1.165, 1.54) is 33.2 Å². The van der Waals surface area contributed by atoms with E-state index in [0.717, 1.165) is 28.8 Å². The normalized spacial score (nSPS) is 15.7. The summed E-state index contributed by atoms with van der Waals surface area (Å²) >= 11 is 1.41. The van der Waals surface area contributed by atoms with Gasteiger partial charge in [-0.25, -0.2) is 4.39 Å². The third kappa shape index (κ3) is 6.04. The lowest BCUT2D eigenvalue weighted by Gasteiger charge is -2.32. The van der Waals surface area contributed by atoms with Gasteiger partial charge in [0.25, 0.3) is 5.91 Å². The minimum absolute atomic E-state index is 0.0352. The second-order valence-electron chi connectivity index (χ2n) is 9.43. The number of carbonyl (C=O) groups is 2. The highest BCUT2D eigenvalue weighted by atomic mass is 32.1. The molecule has 9 nitrogen and oxygen atoms in total. The Kier molecular flexibility index (Phi) is 8.08. The Bertz CT molecular complexity index is 1430. The number of nitrogens with one attached hydrogen (secondary N) is 1. The number of halogens is 1. The predicted molar refractivity (Wildman–Crippen MR) is 146 cm³/mol. The van der Waals surface area contributed by atoms with E-state index < -0.39 is 6.04 Å². The molecule has 0 bridgehead atoms. The maximum Gasteiger partial charge on any atom is 0.251 e. The van der Waals surface area contributed by atoms with Gasteiger partial charge in [0.1, 0.15) is 18.4 Å². The number of amides is 2. The zero-order valence-electron chi connectivity index (χ0n) is 21.7. The van der Waals surface area contributed by atoms with Crippen LogP contribution in [0.5, 0.6) is 0 Å². The molecule has 3 heterocycles. The van der Waals surface area contributed by atoms with Crippen LogP contribution in [0, 0.1) is 19.7 Å². The highest BCUT2D eigenvalue weighted by Crippen LogP contribution is 2.34. The van der Waals surface area contributed by atoms with E-state index >= 15 is 0 Å². The lowest BCUT2D eigenvalue weighted by Crippen LogP contribution is -2.46. The van der Waals surface area contributed by atoms with Gasteiger partial charge in [0.15, 0.2) is 0 Å². The smallest absolute Gasteiger partial charge is 0.251 e. The zero-order valence-corrected chi connectivity index (χ0v) is 22.5. The molecule has 202 valence electrons. The highest BCUT2D eigenvalue weighted by molar-refractivity contribution is 7.10. The SMILES string of the molecule is Cc1cccc(N(C(=O)Cn2nnc(-c3ccc(F)cc3)n2)[C@H](C(=O)NC[C@@H]2CCCO2)c2cccs2)c1C.